The smallest absolute Gasteiger partial charge is 0.172 e. The lowest BCUT2D eigenvalue weighted by Gasteiger charge is -2.24. The number of hydrogen-bond acceptors (Lipinski definition) is 3. The van der Waals surface area contributed by atoms with E-state index in [1.165, 1.54) is 5.57 Å². The van der Waals surface area contributed by atoms with Crippen LogP contribution in [-0.2, 0) is 9.47 Å². The minimum atomic E-state index is -0.201. The van der Waals surface area contributed by atoms with Gasteiger partial charge in [0, 0.05) is 14.2 Å². The highest BCUT2D eigenvalue weighted by atomic mass is 16.7. The van der Waals surface area contributed by atoms with Crippen LogP contribution < -0.4 is 5.32 Å². The maximum atomic E-state index is 5.17. The van der Waals surface area contributed by atoms with Crippen molar-refractivity contribution in [3.63, 3.8) is 0 Å². The normalized spacial score (nSPS) is 13.3. The lowest BCUT2D eigenvalue weighted by atomic mass is 10.1. The monoisotopic (exact) mass is 187 g/mol. The fourth-order valence-electron chi connectivity index (χ4n) is 1.21. The molecule has 78 valence electrons. The summed E-state index contributed by atoms with van der Waals surface area (Å²) < 4.78 is 10.3. The van der Waals surface area contributed by atoms with E-state index in [-0.39, 0.29) is 12.3 Å². The molecule has 0 saturated carbocycles. The van der Waals surface area contributed by atoms with Gasteiger partial charge < -0.3 is 14.8 Å². The second kappa shape index (κ2) is 7.06. The zero-order valence-electron chi connectivity index (χ0n) is 9.09. The van der Waals surface area contributed by atoms with Gasteiger partial charge in [-0.25, -0.2) is 0 Å². The predicted molar refractivity (Wildman–Crippen MR) is 54.7 cm³/mol. The Kier molecular flexibility index (Phi) is 6.86. The Hall–Kier alpha value is -0.380. The van der Waals surface area contributed by atoms with Gasteiger partial charge >= 0.3 is 0 Å². The topological polar surface area (TPSA) is 30.5 Å². The molecule has 0 aliphatic rings. The van der Waals surface area contributed by atoms with Crippen LogP contribution in [0.25, 0.3) is 0 Å². The first-order valence-corrected chi connectivity index (χ1v) is 4.59. The average molecular weight is 187 g/mol. The number of likely N-dealkylation sites (N-methyl/N-ethyl adjacent to an activating group) is 1. The van der Waals surface area contributed by atoms with Crippen LogP contribution in [0.3, 0.4) is 0 Å². The minimum Gasteiger partial charge on any atom is -0.354 e. The Balaban J connectivity index is 4.06. The van der Waals surface area contributed by atoms with Crippen molar-refractivity contribution in [3.05, 3.63) is 12.2 Å². The zero-order chi connectivity index (χ0) is 10.3. The fraction of sp³-hybridized carbons (Fsp3) is 0.800. The van der Waals surface area contributed by atoms with E-state index in [1.54, 1.807) is 14.2 Å². The second-order valence-electron chi connectivity index (χ2n) is 3.04. The average Bonchev–Trinajstić information content (AvgIpc) is 2.17. The Labute approximate surface area is 81.1 Å². The predicted octanol–water partition coefficient (Wildman–Crippen LogP) is 1.55. The summed E-state index contributed by atoms with van der Waals surface area (Å²) in [7, 11) is 5.19. The molecule has 1 N–H and O–H groups in total. The van der Waals surface area contributed by atoms with E-state index in [2.05, 4.69) is 18.8 Å². The van der Waals surface area contributed by atoms with Crippen molar-refractivity contribution in [1.29, 1.82) is 0 Å². The Bertz CT molecular complexity index is 144. The summed E-state index contributed by atoms with van der Waals surface area (Å²) in [5.41, 5.74) is 1.21. The van der Waals surface area contributed by atoms with Gasteiger partial charge in [0.2, 0.25) is 0 Å². The molecule has 0 aromatic carbocycles. The standard InChI is InChI=1S/C10H21NO2/c1-6-8(2)7-9(11-3)10(12-4)13-5/h9-11H,2,6-7H2,1,3-5H3. The number of methoxy groups -OCH3 is 2. The van der Waals surface area contributed by atoms with E-state index < -0.39 is 0 Å². The van der Waals surface area contributed by atoms with Crippen LogP contribution in [0, 0.1) is 0 Å². The van der Waals surface area contributed by atoms with Crippen LogP contribution >= 0.6 is 0 Å². The molecule has 0 heterocycles. The summed E-state index contributed by atoms with van der Waals surface area (Å²) in [6.45, 7) is 6.06. The fourth-order valence-corrected chi connectivity index (χ4v) is 1.21. The quantitative estimate of drug-likeness (QED) is 0.484. The van der Waals surface area contributed by atoms with E-state index in [0.717, 1.165) is 12.8 Å². The van der Waals surface area contributed by atoms with Gasteiger partial charge in [-0.05, 0) is 19.9 Å². The molecule has 0 amide bonds. The van der Waals surface area contributed by atoms with Crippen molar-refractivity contribution < 1.29 is 9.47 Å². The molecule has 0 spiro atoms. The highest BCUT2D eigenvalue weighted by Gasteiger charge is 2.18. The molecule has 0 radical (unpaired) electrons. The van der Waals surface area contributed by atoms with Gasteiger partial charge in [-0.3, -0.25) is 0 Å². The summed E-state index contributed by atoms with van der Waals surface area (Å²) in [5.74, 6) is 0. The Morgan fingerprint density at radius 3 is 2.23 bits per heavy atom. The summed E-state index contributed by atoms with van der Waals surface area (Å²) in [6.07, 6.45) is 1.69. The van der Waals surface area contributed by atoms with E-state index in [1.807, 2.05) is 7.05 Å². The molecule has 3 nitrogen and oxygen atoms in total. The van der Waals surface area contributed by atoms with E-state index in [0.29, 0.717) is 0 Å². The first-order chi connectivity index (χ1) is 6.19. The summed E-state index contributed by atoms with van der Waals surface area (Å²) in [5, 5.41) is 3.16. The molecule has 0 saturated heterocycles. The van der Waals surface area contributed by atoms with E-state index in [4.69, 9.17) is 9.47 Å². The first-order valence-electron chi connectivity index (χ1n) is 4.59. The molecule has 0 rings (SSSR count). The van der Waals surface area contributed by atoms with Crippen molar-refractivity contribution in [3.8, 4) is 0 Å². The molecule has 0 aromatic rings. The highest BCUT2D eigenvalue weighted by Crippen LogP contribution is 2.11. The van der Waals surface area contributed by atoms with Crippen LogP contribution in [-0.4, -0.2) is 33.6 Å². The molecule has 0 bridgehead atoms. The SMILES string of the molecule is C=C(CC)CC(NC)C(OC)OC. The van der Waals surface area contributed by atoms with Crippen molar-refractivity contribution in [2.24, 2.45) is 0 Å². The van der Waals surface area contributed by atoms with Gasteiger partial charge in [-0.1, -0.05) is 19.1 Å². The van der Waals surface area contributed by atoms with Crippen LogP contribution in [0.5, 0.6) is 0 Å². The lowest BCUT2D eigenvalue weighted by Crippen LogP contribution is -2.40. The number of ether oxygens (including phenoxy) is 2. The summed E-state index contributed by atoms with van der Waals surface area (Å²) in [6, 6.07) is 0.183. The molecular weight excluding hydrogens is 166 g/mol. The van der Waals surface area contributed by atoms with Crippen molar-refractivity contribution >= 4 is 0 Å². The van der Waals surface area contributed by atoms with Gasteiger partial charge in [-0.2, -0.15) is 0 Å². The first kappa shape index (κ1) is 12.6. The summed E-state index contributed by atoms with van der Waals surface area (Å²) >= 11 is 0. The largest absolute Gasteiger partial charge is 0.354 e. The van der Waals surface area contributed by atoms with Crippen LogP contribution in [0.15, 0.2) is 12.2 Å². The van der Waals surface area contributed by atoms with Crippen LogP contribution in [0.1, 0.15) is 19.8 Å². The van der Waals surface area contributed by atoms with Gasteiger partial charge in [0.1, 0.15) is 0 Å². The zero-order valence-corrected chi connectivity index (χ0v) is 9.09. The number of rotatable bonds is 7. The third kappa shape index (κ3) is 4.41. The molecule has 13 heavy (non-hydrogen) atoms. The Morgan fingerprint density at radius 2 is 1.92 bits per heavy atom. The molecular formula is C10H21NO2. The van der Waals surface area contributed by atoms with Crippen molar-refractivity contribution in [2.45, 2.75) is 32.1 Å². The van der Waals surface area contributed by atoms with E-state index >= 15 is 0 Å². The third-order valence-electron chi connectivity index (χ3n) is 2.17. The molecule has 0 aliphatic carbocycles. The second-order valence-corrected chi connectivity index (χ2v) is 3.04. The highest BCUT2D eigenvalue weighted by molar-refractivity contribution is 4.97. The van der Waals surface area contributed by atoms with Gasteiger partial charge in [0.05, 0.1) is 6.04 Å². The van der Waals surface area contributed by atoms with Gasteiger partial charge in [-0.15, -0.1) is 0 Å². The molecule has 1 unspecified atom stereocenters. The summed E-state index contributed by atoms with van der Waals surface area (Å²) in [4.78, 5) is 0. The molecule has 0 aliphatic heterocycles. The maximum absolute atomic E-state index is 5.17. The third-order valence-corrected chi connectivity index (χ3v) is 2.17. The minimum absolute atomic E-state index is 0.183. The Morgan fingerprint density at radius 1 is 1.38 bits per heavy atom. The van der Waals surface area contributed by atoms with Gasteiger partial charge in [0.15, 0.2) is 6.29 Å². The van der Waals surface area contributed by atoms with Crippen molar-refractivity contribution in [2.75, 3.05) is 21.3 Å². The number of nitrogens with one attached hydrogen (secondary N) is 1. The molecule has 0 aromatic heterocycles. The van der Waals surface area contributed by atoms with E-state index in [9.17, 15) is 0 Å². The molecule has 1 atom stereocenters. The van der Waals surface area contributed by atoms with Crippen LogP contribution in [0.4, 0.5) is 0 Å². The molecule has 3 heteroatoms. The van der Waals surface area contributed by atoms with Crippen molar-refractivity contribution in [1.82, 2.24) is 5.32 Å². The molecule has 0 fully saturated rings. The van der Waals surface area contributed by atoms with Gasteiger partial charge in [0.25, 0.3) is 0 Å². The lowest BCUT2D eigenvalue weighted by molar-refractivity contribution is -0.121. The number of hydrogen-bond donors (Lipinski definition) is 1. The van der Waals surface area contributed by atoms with Crippen LogP contribution in [0.2, 0.25) is 0 Å². The maximum Gasteiger partial charge on any atom is 0.172 e.